The van der Waals surface area contributed by atoms with Gasteiger partial charge in [0.2, 0.25) is 17.7 Å². The monoisotopic (exact) mass is 343 g/mol. The van der Waals surface area contributed by atoms with Gasteiger partial charge in [0.1, 0.15) is 0 Å². The molecule has 0 saturated carbocycles. The van der Waals surface area contributed by atoms with Gasteiger partial charge in [-0.1, -0.05) is 12.1 Å². The molecule has 2 fully saturated rings. The molecule has 0 aliphatic carbocycles. The van der Waals surface area contributed by atoms with Crippen molar-refractivity contribution in [3.8, 4) is 0 Å². The Balaban J connectivity index is 1.64. The predicted octanol–water partition coefficient (Wildman–Crippen LogP) is 1.47. The first kappa shape index (κ1) is 17.5. The molecule has 2 atom stereocenters. The van der Waals surface area contributed by atoms with E-state index >= 15 is 0 Å². The third-order valence-corrected chi connectivity index (χ3v) is 5.28. The molecule has 3 amide bonds. The molecule has 0 bridgehead atoms. The number of piperidine rings is 1. The molecular weight excluding hydrogens is 318 g/mol. The van der Waals surface area contributed by atoms with Crippen molar-refractivity contribution < 1.29 is 14.4 Å². The molecule has 2 aliphatic heterocycles. The fourth-order valence-corrected chi connectivity index (χ4v) is 3.68. The molecule has 25 heavy (non-hydrogen) atoms. The summed E-state index contributed by atoms with van der Waals surface area (Å²) in [6, 6.07) is 7.73. The zero-order valence-electron chi connectivity index (χ0n) is 14.6. The summed E-state index contributed by atoms with van der Waals surface area (Å²) in [7, 11) is 0. The Kier molecular flexibility index (Phi) is 5.06. The van der Waals surface area contributed by atoms with Gasteiger partial charge in [0.25, 0.3) is 0 Å². The average molecular weight is 343 g/mol. The second kappa shape index (κ2) is 7.25. The number of nitrogens with zero attached hydrogens (tertiary/aromatic N) is 2. The molecule has 134 valence electrons. The number of hydrogen-bond acceptors (Lipinski definition) is 3. The SMILES string of the molecule is C[C@H]1CC[C@H](C(N)=O)CN1C(=O)Cc1ccc(N2CCCC2=O)cc1. The molecular formula is C19H25N3O3. The number of primary amides is 1. The second-order valence-electron chi connectivity index (χ2n) is 7.06. The van der Waals surface area contributed by atoms with Crippen molar-refractivity contribution in [2.24, 2.45) is 11.7 Å². The van der Waals surface area contributed by atoms with E-state index in [0.29, 0.717) is 19.4 Å². The van der Waals surface area contributed by atoms with Crippen LogP contribution in [0.3, 0.4) is 0 Å². The highest BCUT2D eigenvalue weighted by atomic mass is 16.2. The first-order chi connectivity index (χ1) is 12.0. The molecule has 2 aliphatic rings. The quantitative estimate of drug-likeness (QED) is 0.898. The van der Waals surface area contributed by atoms with Crippen molar-refractivity contribution in [1.82, 2.24) is 4.90 Å². The highest BCUT2D eigenvalue weighted by Gasteiger charge is 2.31. The van der Waals surface area contributed by atoms with E-state index in [4.69, 9.17) is 5.73 Å². The van der Waals surface area contributed by atoms with E-state index in [-0.39, 0.29) is 29.7 Å². The van der Waals surface area contributed by atoms with Gasteiger partial charge < -0.3 is 15.5 Å². The van der Waals surface area contributed by atoms with Crippen molar-refractivity contribution in [2.45, 2.75) is 45.1 Å². The molecule has 0 radical (unpaired) electrons. The summed E-state index contributed by atoms with van der Waals surface area (Å²) in [5.41, 5.74) is 7.20. The van der Waals surface area contributed by atoms with E-state index in [2.05, 4.69) is 0 Å². The van der Waals surface area contributed by atoms with Crippen molar-refractivity contribution in [1.29, 1.82) is 0 Å². The standard InChI is InChI=1S/C19H25N3O3/c1-13-4-7-15(19(20)25)12-22(13)18(24)11-14-5-8-16(9-6-14)21-10-2-3-17(21)23/h5-6,8-9,13,15H,2-4,7,10-12H2,1H3,(H2,20,25)/t13-,15-/m0/s1. The first-order valence-corrected chi connectivity index (χ1v) is 8.94. The van der Waals surface area contributed by atoms with E-state index < -0.39 is 0 Å². The van der Waals surface area contributed by atoms with Gasteiger partial charge in [0.15, 0.2) is 0 Å². The number of rotatable bonds is 4. The minimum atomic E-state index is -0.329. The third-order valence-electron chi connectivity index (χ3n) is 5.28. The molecule has 0 spiro atoms. The van der Waals surface area contributed by atoms with Crippen LogP contribution < -0.4 is 10.6 Å². The lowest BCUT2D eigenvalue weighted by Crippen LogP contribution is -2.49. The van der Waals surface area contributed by atoms with Gasteiger partial charge in [-0.15, -0.1) is 0 Å². The van der Waals surface area contributed by atoms with Crippen LogP contribution in [0.4, 0.5) is 5.69 Å². The number of hydrogen-bond donors (Lipinski definition) is 1. The summed E-state index contributed by atoms with van der Waals surface area (Å²) < 4.78 is 0. The Morgan fingerprint density at radius 2 is 1.92 bits per heavy atom. The van der Waals surface area contributed by atoms with Gasteiger partial charge in [-0.25, -0.2) is 0 Å². The maximum absolute atomic E-state index is 12.6. The zero-order chi connectivity index (χ0) is 18.0. The number of carbonyl (C=O) groups excluding carboxylic acids is 3. The van der Waals surface area contributed by atoms with Gasteiger partial charge in [0, 0.05) is 31.2 Å². The molecule has 6 heteroatoms. The lowest BCUT2D eigenvalue weighted by atomic mass is 9.92. The normalized spacial score (nSPS) is 23.8. The maximum Gasteiger partial charge on any atom is 0.227 e. The Bertz CT molecular complexity index is 671. The summed E-state index contributed by atoms with van der Waals surface area (Å²) in [5.74, 6) is -0.403. The Hall–Kier alpha value is -2.37. The minimum absolute atomic E-state index is 0.0171. The van der Waals surface area contributed by atoms with Crippen LogP contribution in [0, 0.1) is 5.92 Å². The third kappa shape index (κ3) is 3.83. The van der Waals surface area contributed by atoms with Gasteiger partial charge >= 0.3 is 0 Å². The van der Waals surface area contributed by atoms with Crippen molar-refractivity contribution >= 4 is 23.4 Å². The van der Waals surface area contributed by atoms with Crippen LogP contribution in [-0.2, 0) is 20.8 Å². The number of anilines is 1. The van der Waals surface area contributed by atoms with Crippen molar-refractivity contribution in [3.05, 3.63) is 29.8 Å². The molecule has 0 aromatic heterocycles. The number of amides is 3. The summed E-state index contributed by atoms with van der Waals surface area (Å²) in [5, 5.41) is 0. The fourth-order valence-electron chi connectivity index (χ4n) is 3.68. The smallest absolute Gasteiger partial charge is 0.227 e. The summed E-state index contributed by atoms with van der Waals surface area (Å²) in [4.78, 5) is 39.4. The highest BCUT2D eigenvalue weighted by Crippen LogP contribution is 2.24. The fraction of sp³-hybridized carbons (Fsp3) is 0.526. The topological polar surface area (TPSA) is 83.7 Å². The van der Waals surface area contributed by atoms with Crippen LogP contribution in [-0.4, -0.2) is 41.8 Å². The lowest BCUT2D eigenvalue weighted by Gasteiger charge is -2.37. The number of carbonyl (C=O) groups is 3. The van der Waals surface area contributed by atoms with Crippen LogP contribution >= 0.6 is 0 Å². The van der Waals surface area contributed by atoms with Crippen LogP contribution in [0.5, 0.6) is 0 Å². The predicted molar refractivity (Wildman–Crippen MR) is 94.8 cm³/mol. The van der Waals surface area contributed by atoms with Gasteiger partial charge in [-0.05, 0) is 43.9 Å². The lowest BCUT2D eigenvalue weighted by molar-refractivity contribution is -0.137. The van der Waals surface area contributed by atoms with E-state index in [1.807, 2.05) is 31.2 Å². The molecule has 1 aromatic rings. The summed E-state index contributed by atoms with van der Waals surface area (Å²) in [6.07, 6.45) is 3.35. The van der Waals surface area contributed by atoms with Crippen molar-refractivity contribution in [2.75, 3.05) is 18.0 Å². The number of nitrogens with two attached hydrogens (primary N) is 1. The molecule has 6 nitrogen and oxygen atoms in total. The largest absolute Gasteiger partial charge is 0.369 e. The Labute approximate surface area is 148 Å². The van der Waals surface area contributed by atoms with Crippen LogP contribution in [0.2, 0.25) is 0 Å². The highest BCUT2D eigenvalue weighted by molar-refractivity contribution is 5.95. The van der Waals surface area contributed by atoms with E-state index in [1.54, 1.807) is 9.80 Å². The van der Waals surface area contributed by atoms with Crippen molar-refractivity contribution in [3.63, 3.8) is 0 Å². The van der Waals surface area contributed by atoms with E-state index in [0.717, 1.165) is 37.1 Å². The number of benzene rings is 1. The molecule has 1 aromatic carbocycles. The zero-order valence-corrected chi connectivity index (χ0v) is 14.6. The number of likely N-dealkylation sites (tertiary alicyclic amines) is 1. The Morgan fingerprint density at radius 1 is 1.20 bits per heavy atom. The minimum Gasteiger partial charge on any atom is -0.369 e. The van der Waals surface area contributed by atoms with E-state index in [9.17, 15) is 14.4 Å². The van der Waals surface area contributed by atoms with E-state index in [1.165, 1.54) is 0 Å². The van der Waals surface area contributed by atoms with Gasteiger partial charge in [-0.2, -0.15) is 0 Å². The molecule has 0 unspecified atom stereocenters. The summed E-state index contributed by atoms with van der Waals surface area (Å²) in [6.45, 7) is 3.18. The molecule has 2 heterocycles. The Morgan fingerprint density at radius 3 is 2.52 bits per heavy atom. The van der Waals surface area contributed by atoms with Crippen LogP contribution in [0.25, 0.3) is 0 Å². The molecule has 3 rings (SSSR count). The molecule has 2 N–H and O–H groups in total. The van der Waals surface area contributed by atoms with Gasteiger partial charge in [0.05, 0.1) is 12.3 Å². The first-order valence-electron chi connectivity index (χ1n) is 8.94. The summed E-state index contributed by atoms with van der Waals surface area (Å²) >= 11 is 0. The average Bonchev–Trinajstić information content (AvgIpc) is 3.01. The molecule has 2 saturated heterocycles. The van der Waals surface area contributed by atoms with Gasteiger partial charge in [-0.3, -0.25) is 14.4 Å². The second-order valence-corrected chi connectivity index (χ2v) is 7.06. The maximum atomic E-state index is 12.6. The van der Waals surface area contributed by atoms with Crippen LogP contribution in [0.15, 0.2) is 24.3 Å². The van der Waals surface area contributed by atoms with Crippen LogP contribution in [0.1, 0.15) is 38.2 Å².